The molecule has 1 atom stereocenters. The zero-order chi connectivity index (χ0) is 13.7. The Kier molecular flexibility index (Phi) is 4.97. The van der Waals surface area contributed by atoms with Crippen LogP contribution in [0.15, 0.2) is 24.3 Å². The summed E-state index contributed by atoms with van der Waals surface area (Å²) in [6.45, 7) is 3.67. The number of fused-ring (bicyclic) bond motifs is 1. The molecular weight excluding hydrogens is 236 g/mol. The fourth-order valence-corrected chi connectivity index (χ4v) is 2.67. The lowest BCUT2D eigenvalue weighted by atomic mass is 10.0. The van der Waals surface area contributed by atoms with E-state index >= 15 is 0 Å². The largest absolute Gasteiger partial charge is 0.337 e. The highest BCUT2D eigenvalue weighted by Crippen LogP contribution is 2.19. The van der Waals surface area contributed by atoms with Crippen LogP contribution in [0.25, 0.3) is 0 Å². The molecule has 0 fully saturated rings. The fourth-order valence-electron chi connectivity index (χ4n) is 2.67. The molecule has 0 saturated carbocycles. The summed E-state index contributed by atoms with van der Waals surface area (Å²) < 4.78 is 0. The second-order valence-electron chi connectivity index (χ2n) is 5.38. The maximum atomic E-state index is 12.4. The minimum absolute atomic E-state index is 0.116. The van der Waals surface area contributed by atoms with E-state index in [4.69, 9.17) is 5.73 Å². The molecule has 0 radical (unpaired) electrons. The lowest BCUT2D eigenvalue weighted by Crippen LogP contribution is -2.43. The Labute approximate surface area is 115 Å². The van der Waals surface area contributed by atoms with Crippen LogP contribution in [0, 0.1) is 0 Å². The van der Waals surface area contributed by atoms with Crippen molar-refractivity contribution in [3.05, 3.63) is 35.4 Å². The number of benzene rings is 1. The second-order valence-corrected chi connectivity index (χ2v) is 5.38. The van der Waals surface area contributed by atoms with Crippen LogP contribution < -0.4 is 5.73 Å². The van der Waals surface area contributed by atoms with Gasteiger partial charge in [0.1, 0.15) is 0 Å². The number of aryl methyl sites for hydroxylation is 1. The normalized spacial score (nSPS) is 16.6. The number of carbonyl (C=O) groups is 1. The molecule has 2 N–H and O–H groups in total. The Morgan fingerprint density at radius 3 is 2.84 bits per heavy atom. The average molecular weight is 260 g/mol. The quantitative estimate of drug-likeness (QED) is 0.904. The van der Waals surface area contributed by atoms with Crippen molar-refractivity contribution in [2.75, 3.05) is 6.54 Å². The zero-order valence-electron chi connectivity index (χ0n) is 11.8. The Hall–Kier alpha value is -1.35. The maximum absolute atomic E-state index is 12.4. The fraction of sp³-hybridized carbons (Fsp3) is 0.562. The van der Waals surface area contributed by atoms with Crippen molar-refractivity contribution in [2.45, 2.75) is 51.6 Å². The minimum atomic E-state index is -0.329. The molecule has 0 unspecified atom stereocenters. The number of amides is 1. The molecule has 1 amide bonds. The van der Waals surface area contributed by atoms with Gasteiger partial charge in [-0.1, -0.05) is 44.0 Å². The first kappa shape index (κ1) is 14.1. The van der Waals surface area contributed by atoms with Gasteiger partial charge >= 0.3 is 0 Å². The Morgan fingerprint density at radius 1 is 1.37 bits per heavy atom. The highest BCUT2D eigenvalue weighted by molar-refractivity contribution is 5.81. The number of rotatable bonds is 4. The van der Waals surface area contributed by atoms with Crippen LogP contribution in [0.4, 0.5) is 0 Å². The highest BCUT2D eigenvalue weighted by atomic mass is 16.2. The van der Waals surface area contributed by atoms with Gasteiger partial charge in [-0.2, -0.15) is 0 Å². The van der Waals surface area contributed by atoms with Gasteiger partial charge in [-0.05, 0) is 30.4 Å². The molecule has 2 rings (SSSR count). The summed E-state index contributed by atoms with van der Waals surface area (Å²) in [5.41, 5.74) is 8.66. The second kappa shape index (κ2) is 6.71. The van der Waals surface area contributed by atoms with E-state index in [9.17, 15) is 4.79 Å². The smallest absolute Gasteiger partial charge is 0.239 e. The van der Waals surface area contributed by atoms with Crippen molar-refractivity contribution in [3.8, 4) is 0 Å². The molecular formula is C16H24N2O. The van der Waals surface area contributed by atoms with Gasteiger partial charge in [-0.25, -0.2) is 0 Å². The van der Waals surface area contributed by atoms with E-state index in [0.717, 1.165) is 45.2 Å². The monoisotopic (exact) mass is 260 g/mol. The molecule has 3 heteroatoms. The molecule has 1 aromatic carbocycles. The van der Waals surface area contributed by atoms with Crippen molar-refractivity contribution < 1.29 is 4.79 Å². The Balaban J connectivity index is 2.03. The number of hydrogen-bond donors (Lipinski definition) is 1. The van der Waals surface area contributed by atoms with Gasteiger partial charge in [0, 0.05) is 13.1 Å². The van der Waals surface area contributed by atoms with Crippen molar-refractivity contribution in [2.24, 2.45) is 5.73 Å². The maximum Gasteiger partial charge on any atom is 0.239 e. The predicted molar refractivity (Wildman–Crippen MR) is 77.7 cm³/mol. The van der Waals surface area contributed by atoms with E-state index in [1.807, 2.05) is 11.0 Å². The van der Waals surface area contributed by atoms with Crippen LogP contribution >= 0.6 is 0 Å². The number of unbranched alkanes of at least 4 members (excludes halogenated alkanes) is 1. The molecule has 0 saturated heterocycles. The van der Waals surface area contributed by atoms with E-state index in [0.29, 0.717) is 0 Å². The zero-order valence-corrected chi connectivity index (χ0v) is 11.8. The molecule has 1 aliphatic rings. The summed E-state index contributed by atoms with van der Waals surface area (Å²) >= 11 is 0. The van der Waals surface area contributed by atoms with Crippen LogP contribution in [-0.2, 0) is 17.8 Å². The van der Waals surface area contributed by atoms with Crippen LogP contribution in [-0.4, -0.2) is 23.4 Å². The molecule has 1 heterocycles. The Morgan fingerprint density at radius 2 is 2.11 bits per heavy atom. The van der Waals surface area contributed by atoms with Crippen LogP contribution in [0.5, 0.6) is 0 Å². The number of nitrogens with two attached hydrogens (primary N) is 1. The molecule has 104 valence electrons. The molecule has 19 heavy (non-hydrogen) atoms. The summed E-state index contributed by atoms with van der Waals surface area (Å²) in [6, 6.07) is 8.08. The van der Waals surface area contributed by atoms with Crippen molar-refractivity contribution in [1.82, 2.24) is 4.90 Å². The van der Waals surface area contributed by atoms with E-state index < -0.39 is 0 Å². The van der Waals surface area contributed by atoms with Crippen LogP contribution in [0.1, 0.15) is 43.7 Å². The third-order valence-corrected chi connectivity index (χ3v) is 3.85. The summed E-state index contributed by atoms with van der Waals surface area (Å²) in [5, 5.41) is 0. The number of nitrogens with zero attached hydrogens (tertiary/aromatic N) is 1. The van der Waals surface area contributed by atoms with Crippen LogP contribution in [0.2, 0.25) is 0 Å². The average Bonchev–Trinajstić information content (AvgIpc) is 2.66. The summed E-state index contributed by atoms with van der Waals surface area (Å²) in [6.07, 6.45) is 5.00. The molecule has 1 aliphatic heterocycles. The van der Waals surface area contributed by atoms with Gasteiger partial charge in [0.15, 0.2) is 0 Å². The van der Waals surface area contributed by atoms with Gasteiger partial charge in [0.2, 0.25) is 5.91 Å². The van der Waals surface area contributed by atoms with Crippen molar-refractivity contribution >= 4 is 5.91 Å². The Bertz CT molecular complexity index is 431. The summed E-state index contributed by atoms with van der Waals surface area (Å²) in [5.74, 6) is 0.116. The topological polar surface area (TPSA) is 46.3 Å². The van der Waals surface area contributed by atoms with Crippen molar-refractivity contribution in [1.29, 1.82) is 0 Å². The lowest BCUT2D eigenvalue weighted by molar-refractivity contribution is -0.133. The third-order valence-electron chi connectivity index (χ3n) is 3.85. The summed E-state index contributed by atoms with van der Waals surface area (Å²) in [7, 11) is 0. The van der Waals surface area contributed by atoms with E-state index in [-0.39, 0.29) is 11.9 Å². The highest BCUT2D eigenvalue weighted by Gasteiger charge is 2.23. The number of carbonyl (C=O) groups excluding carboxylic acids is 1. The summed E-state index contributed by atoms with van der Waals surface area (Å²) in [4.78, 5) is 14.3. The SMILES string of the molecule is CCCC[C@H](N)C(=O)N1CCCc2ccccc2C1. The lowest BCUT2D eigenvalue weighted by Gasteiger charge is -2.24. The predicted octanol–water partition coefficient (Wildman–Crippen LogP) is 2.48. The van der Waals surface area contributed by atoms with Gasteiger partial charge in [0.25, 0.3) is 0 Å². The minimum Gasteiger partial charge on any atom is -0.337 e. The van der Waals surface area contributed by atoms with Gasteiger partial charge in [-0.15, -0.1) is 0 Å². The third kappa shape index (κ3) is 3.57. The first-order chi connectivity index (χ1) is 9.22. The first-order valence-electron chi connectivity index (χ1n) is 7.33. The molecule has 0 aliphatic carbocycles. The molecule has 1 aromatic rings. The first-order valence-corrected chi connectivity index (χ1v) is 7.33. The van der Waals surface area contributed by atoms with E-state index in [1.165, 1.54) is 11.1 Å². The van der Waals surface area contributed by atoms with Crippen LogP contribution in [0.3, 0.4) is 0 Å². The molecule has 0 aromatic heterocycles. The van der Waals surface area contributed by atoms with Gasteiger partial charge < -0.3 is 10.6 Å². The van der Waals surface area contributed by atoms with Gasteiger partial charge in [-0.3, -0.25) is 4.79 Å². The van der Waals surface area contributed by atoms with E-state index in [1.54, 1.807) is 0 Å². The molecule has 3 nitrogen and oxygen atoms in total. The molecule has 0 bridgehead atoms. The van der Waals surface area contributed by atoms with Gasteiger partial charge in [0.05, 0.1) is 6.04 Å². The van der Waals surface area contributed by atoms with E-state index in [2.05, 4.69) is 25.1 Å². The number of hydrogen-bond acceptors (Lipinski definition) is 2. The standard InChI is InChI=1S/C16H24N2O/c1-2-3-10-15(17)16(19)18-11-6-9-13-7-4-5-8-14(13)12-18/h4-5,7-8,15H,2-3,6,9-12,17H2,1H3/t15-/m0/s1. The molecule has 0 spiro atoms. The van der Waals surface area contributed by atoms with Crippen molar-refractivity contribution in [3.63, 3.8) is 0 Å².